The minimum Gasteiger partial charge on any atom is -0.483 e. The van der Waals surface area contributed by atoms with Crippen LogP contribution in [0.5, 0.6) is 11.5 Å². The van der Waals surface area contributed by atoms with Crippen molar-refractivity contribution in [1.29, 1.82) is 0 Å². The SMILES string of the molecule is CC(C)(C)c1ccccc1OCC(=O)N/N=C/c1cc(Br)ccc1OC(=O)c1ccc(Br)cc1. The second kappa shape index (κ2) is 11.4. The number of nitrogens with one attached hydrogen (secondary N) is 1. The van der Waals surface area contributed by atoms with Gasteiger partial charge in [-0.3, -0.25) is 4.79 Å². The first kappa shape index (κ1) is 25.6. The number of carbonyl (C=O) groups excluding carboxylic acids is 2. The van der Waals surface area contributed by atoms with Gasteiger partial charge < -0.3 is 9.47 Å². The Kier molecular flexibility index (Phi) is 8.63. The fourth-order valence-corrected chi connectivity index (χ4v) is 3.66. The molecule has 0 aliphatic carbocycles. The average Bonchev–Trinajstić information content (AvgIpc) is 2.79. The fraction of sp³-hybridized carbons (Fsp3) is 0.192. The van der Waals surface area contributed by atoms with Gasteiger partial charge in [-0.15, -0.1) is 0 Å². The third-order valence-electron chi connectivity index (χ3n) is 4.70. The lowest BCUT2D eigenvalue weighted by molar-refractivity contribution is -0.123. The van der Waals surface area contributed by atoms with Crippen LogP contribution in [0.1, 0.15) is 42.3 Å². The Morgan fingerprint density at radius 3 is 2.32 bits per heavy atom. The summed E-state index contributed by atoms with van der Waals surface area (Å²) in [5.74, 6) is 0.0514. The summed E-state index contributed by atoms with van der Waals surface area (Å²) in [5.41, 5.74) is 4.26. The number of carbonyl (C=O) groups is 2. The number of nitrogens with zero attached hydrogens (tertiary/aromatic N) is 1. The molecule has 0 aromatic heterocycles. The van der Waals surface area contributed by atoms with Crippen LogP contribution in [0.4, 0.5) is 0 Å². The van der Waals surface area contributed by atoms with Crippen LogP contribution in [-0.4, -0.2) is 24.7 Å². The molecule has 0 spiro atoms. The molecule has 0 aliphatic rings. The Morgan fingerprint density at radius 1 is 0.941 bits per heavy atom. The van der Waals surface area contributed by atoms with Crippen LogP contribution in [0.2, 0.25) is 0 Å². The van der Waals surface area contributed by atoms with Gasteiger partial charge in [0.25, 0.3) is 5.91 Å². The summed E-state index contributed by atoms with van der Waals surface area (Å²) < 4.78 is 12.9. The molecule has 0 saturated carbocycles. The van der Waals surface area contributed by atoms with Crippen molar-refractivity contribution >= 4 is 50.0 Å². The number of hydrogen-bond donors (Lipinski definition) is 1. The number of ether oxygens (including phenoxy) is 2. The zero-order chi connectivity index (χ0) is 24.7. The predicted molar refractivity (Wildman–Crippen MR) is 140 cm³/mol. The fourth-order valence-electron chi connectivity index (χ4n) is 3.02. The van der Waals surface area contributed by atoms with Gasteiger partial charge in [0.05, 0.1) is 11.8 Å². The second-order valence-corrected chi connectivity index (χ2v) is 10.2. The standard InChI is InChI=1S/C26H24Br2N2O4/c1-26(2,3)21-6-4-5-7-23(21)33-16-24(31)30-29-15-18-14-20(28)12-13-22(18)34-25(32)17-8-10-19(27)11-9-17/h4-15H,16H2,1-3H3,(H,30,31)/b29-15+. The van der Waals surface area contributed by atoms with Crippen LogP contribution in [0.25, 0.3) is 0 Å². The van der Waals surface area contributed by atoms with E-state index in [0.29, 0.717) is 22.6 Å². The van der Waals surface area contributed by atoms with E-state index in [1.807, 2.05) is 24.3 Å². The third-order valence-corrected chi connectivity index (χ3v) is 5.72. The summed E-state index contributed by atoms with van der Waals surface area (Å²) in [7, 11) is 0. The number of esters is 1. The molecule has 3 aromatic carbocycles. The Balaban J connectivity index is 1.63. The minimum absolute atomic E-state index is 0.115. The first-order valence-electron chi connectivity index (χ1n) is 10.4. The summed E-state index contributed by atoms with van der Waals surface area (Å²) in [6, 6.07) is 19.6. The van der Waals surface area contributed by atoms with Crippen LogP contribution >= 0.6 is 31.9 Å². The van der Waals surface area contributed by atoms with Gasteiger partial charge in [-0.25, -0.2) is 10.2 Å². The van der Waals surface area contributed by atoms with E-state index in [2.05, 4.69) is 63.2 Å². The molecule has 3 rings (SSSR count). The van der Waals surface area contributed by atoms with Gasteiger partial charge in [0.2, 0.25) is 0 Å². The normalized spacial score (nSPS) is 11.3. The summed E-state index contributed by atoms with van der Waals surface area (Å²) >= 11 is 6.73. The van der Waals surface area contributed by atoms with E-state index >= 15 is 0 Å². The van der Waals surface area contributed by atoms with Crippen molar-refractivity contribution < 1.29 is 19.1 Å². The molecule has 0 aliphatic heterocycles. The number of halogens is 2. The van der Waals surface area contributed by atoms with Crippen molar-refractivity contribution in [3.05, 3.63) is 92.4 Å². The summed E-state index contributed by atoms with van der Waals surface area (Å²) in [6.45, 7) is 6.06. The number of rotatable bonds is 7. The molecular formula is C26H24Br2N2O4. The maximum absolute atomic E-state index is 12.5. The van der Waals surface area contributed by atoms with Crippen molar-refractivity contribution in [1.82, 2.24) is 5.43 Å². The molecule has 0 atom stereocenters. The van der Waals surface area contributed by atoms with Gasteiger partial charge in [0.15, 0.2) is 6.61 Å². The highest BCUT2D eigenvalue weighted by molar-refractivity contribution is 9.10. The van der Waals surface area contributed by atoms with Crippen LogP contribution in [0.3, 0.4) is 0 Å². The van der Waals surface area contributed by atoms with E-state index in [4.69, 9.17) is 9.47 Å². The van der Waals surface area contributed by atoms with Gasteiger partial charge in [0, 0.05) is 14.5 Å². The first-order chi connectivity index (χ1) is 16.1. The van der Waals surface area contributed by atoms with E-state index < -0.39 is 11.9 Å². The molecule has 3 aromatic rings. The van der Waals surface area contributed by atoms with E-state index in [0.717, 1.165) is 14.5 Å². The molecule has 0 radical (unpaired) electrons. The maximum atomic E-state index is 12.5. The van der Waals surface area contributed by atoms with E-state index in [9.17, 15) is 9.59 Å². The number of para-hydroxylation sites is 1. The van der Waals surface area contributed by atoms with Crippen molar-refractivity contribution in [2.45, 2.75) is 26.2 Å². The number of benzene rings is 3. The Morgan fingerprint density at radius 2 is 1.62 bits per heavy atom. The van der Waals surface area contributed by atoms with E-state index in [-0.39, 0.29) is 12.0 Å². The summed E-state index contributed by atoms with van der Waals surface area (Å²) in [6.07, 6.45) is 1.41. The molecule has 0 fully saturated rings. The minimum atomic E-state index is -0.501. The molecule has 176 valence electrons. The van der Waals surface area contributed by atoms with Gasteiger partial charge in [-0.1, -0.05) is 70.8 Å². The second-order valence-electron chi connectivity index (χ2n) is 8.41. The van der Waals surface area contributed by atoms with Crippen molar-refractivity contribution in [3.63, 3.8) is 0 Å². The van der Waals surface area contributed by atoms with Crippen LogP contribution in [-0.2, 0) is 10.2 Å². The molecule has 1 amide bonds. The number of amides is 1. The maximum Gasteiger partial charge on any atom is 0.343 e. The van der Waals surface area contributed by atoms with Crippen molar-refractivity contribution in [2.24, 2.45) is 5.10 Å². The van der Waals surface area contributed by atoms with E-state index in [1.165, 1.54) is 6.21 Å². The van der Waals surface area contributed by atoms with Gasteiger partial charge in [-0.2, -0.15) is 5.10 Å². The predicted octanol–water partition coefficient (Wildman–Crippen LogP) is 6.26. The van der Waals surface area contributed by atoms with Gasteiger partial charge >= 0.3 is 5.97 Å². The molecule has 8 heteroatoms. The highest BCUT2D eigenvalue weighted by Gasteiger charge is 2.19. The zero-order valence-corrected chi connectivity index (χ0v) is 22.1. The highest BCUT2D eigenvalue weighted by atomic mass is 79.9. The smallest absolute Gasteiger partial charge is 0.343 e. The average molecular weight is 588 g/mol. The molecule has 0 heterocycles. The Bertz CT molecular complexity index is 1200. The third kappa shape index (κ3) is 7.27. The molecule has 0 saturated heterocycles. The molecule has 0 bridgehead atoms. The van der Waals surface area contributed by atoms with Crippen LogP contribution in [0.15, 0.2) is 80.8 Å². The molecule has 6 nitrogen and oxygen atoms in total. The monoisotopic (exact) mass is 586 g/mol. The van der Waals surface area contributed by atoms with Gasteiger partial charge in [0.1, 0.15) is 11.5 Å². The first-order valence-corrected chi connectivity index (χ1v) is 12.0. The van der Waals surface area contributed by atoms with Crippen LogP contribution in [0, 0.1) is 0 Å². The molecule has 0 unspecified atom stereocenters. The van der Waals surface area contributed by atoms with Crippen molar-refractivity contribution in [3.8, 4) is 11.5 Å². The molecular weight excluding hydrogens is 564 g/mol. The topological polar surface area (TPSA) is 77.0 Å². The zero-order valence-electron chi connectivity index (χ0n) is 19.0. The van der Waals surface area contributed by atoms with Gasteiger partial charge in [-0.05, 0) is 59.5 Å². The summed E-state index contributed by atoms with van der Waals surface area (Å²) in [5, 5.41) is 4.00. The number of hydrazone groups is 1. The Labute approximate surface area is 215 Å². The van der Waals surface area contributed by atoms with Crippen LogP contribution < -0.4 is 14.9 Å². The lowest BCUT2D eigenvalue weighted by Gasteiger charge is -2.22. The molecule has 1 N–H and O–H groups in total. The quantitative estimate of drug-likeness (QED) is 0.153. The lowest BCUT2D eigenvalue weighted by atomic mass is 9.86. The highest BCUT2D eigenvalue weighted by Crippen LogP contribution is 2.30. The Hall–Kier alpha value is -2.97. The van der Waals surface area contributed by atoms with Crippen molar-refractivity contribution in [2.75, 3.05) is 6.61 Å². The van der Waals surface area contributed by atoms with E-state index in [1.54, 1.807) is 42.5 Å². The largest absolute Gasteiger partial charge is 0.483 e. The number of hydrogen-bond acceptors (Lipinski definition) is 5. The summed E-state index contributed by atoms with van der Waals surface area (Å²) in [4.78, 5) is 24.7. The molecule has 34 heavy (non-hydrogen) atoms. The lowest BCUT2D eigenvalue weighted by Crippen LogP contribution is -2.25.